The average Bonchev–Trinajstić information content (AvgIpc) is 2.87. The quantitative estimate of drug-likeness (QED) is 0.911. The smallest absolute Gasteiger partial charge is 0.238 e. The van der Waals surface area contributed by atoms with E-state index in [1.807, 2.05) is 38.3 Å². The molecule has 6 heteroatoms. The highest BCUT2D eigenvalue weighted by Crippen LogP contribution is 2.28. The minimum atomic E-state index is -3.69. The molecule has 108 valence electrons. The van der Waals surface area contributed by atoms with Crippen LogP contribution in [0.5, 0.6) is 0 Å². The molecule has 2 rings (SSSR count). The Labute approximate surface area is 123 Å². The van der Waals surface area contributed by atoms with Crippen LogP contribution in [0.25, 0.3) is 0 Å². The van der Waals surface area contributed by atoms with Gasteiger partial charge in [-0.3, -0.25) is 0 Å². The van der Waals surface area contributed by atoms with E-state index in [1.54, 1.807) is 23.5 Å². The Morgan fingerprint density at radius 2 is 2.00 bits per heavy atom. The molecule has 0 radical (unpaired) electrons. The Bertz CT molecular complexity index is 707. The molecule has 0 aliphatic heterocycles. The Hall–Kier alpha value is -1.37. The zero-order valence-electron chi connectivity index (χ0n) is 11.7. The van der Waals surface area contributed by atoms with Gasteiger partial charge in [0.15, 0.2) is 0 Å². The number of primary sulfonamides is 1. The van der Waals surface area contributed by atoms with Crippen LogP contribution in [0.4, 0.5) is 5.69 Å². The van der Waals surface area contributed by atoms with E-state index in [9.17, 15) is 8.42 Å². The van der Waals surface area contributed by atoms with E-state index in [-0.39, 0.29) is 10.9 Å². The fraction of sp³-hybridized carbons (Fsp3) is 0.286. The number of hydrogen-bond donors (Lipinski definition) is 2. The van der Waals surface area contributed by atoms with Crippen molar-refractivity contribution in [3.63, 3.8) is 0 Å². The van der Waals surface area contributed by atoms with Gasteiger partial charge >= 0.3 is 0 Å². The average molecular weight is 310 g/mol. The van der Waals surface area contributed by atoms with Crippen LogP contribution in [0, 0.1) is 13.8 Å². The summed E-state index contributed by atoms with van der Waals surface area (Å²) < 4.78 is 23.0. The highest BCUT2D eigenvalue weighted by molar-refractivity contribution is 7.89. The van der Waals surface area contributed by atoms with Crippen molar-refractivity contribution < 1.29 is 8.42 Å². The molecule has 3 N–H and O–H groups in total. The molecule has 1 unspecified atom stereocenters. The molecule has 0 spiro atoms. The molecular weight excluding hydrogens is 292 g/mol. The first-order chi connectivity index (χ1) is 9.29. The lowest BCUT2D eigenvalue weighted by atomic mass is 10.1. The van der Waals surface area contributed by atoms with Crippen molar-refractivity contribution in [3.05, 3.63) is 45.6 Å². The Morgan fingerprint density at radius 3 is 2.55 bits per heavy atom. The SMILES string of the molecule is Cc1cc(S(N)(=O)=O)cc(NC(C)c2cccs2)c1C. The number of nitrogens with one attached hydrogen (secondary N) is 1. The van der Waals surface area contributed by atoms with Crippen molar-refractivity contribution in [3.8, 4) is 0 Å². The second-order valence-electron chi connectivity index (χ2n) is 4.84. The normalized spacial score (nSPS) is 13.2. The maximum absolute atomic E-state index is 11.5. The monoisotopic (exact) mass is 310 g/mol. The summed E-state index contributed by atoms with van der Waals surface area (Å²) in [5, 5.41) is 10.6. The standard InChI is InChI=1S/C14H18N2O2S2/c1-9-7-12(20(15,17)18)8-13(10(9)2)16-11(3)14-5-4-6-19-14/h4-8,11,16H,1-3H3,(H2,15,17,18). The summed E-state index contributed by atoms with van der Waals surface area (Å²) in [6.07, 6.45) is 0. The number of sulfonamides is 1. The Balaban J connectivity index is 2.39. The molecule has 20 heavy (non-hydrogen) atoms. The van der Waals surface area contributed by atoms with Crippen LogP contribution in [0.15, 0.2) is 34.5 Å². The first-order valence-electron chi connectivity index (χ1n) is 6.23. The molecular formula is C14H18N2O2S2. The van der Waals surface area contributed by atoms with Crippen molar-refractivity contribution in [2.24, 2.45) is 5.14 Å². The third-order valence-corrected chi connectivity index (χ3v) is 5.26. The van der Waals surface area contributed by atoms with Crippen LogP contribution in [0.1, 0.15) is 29.0 Å². The summed E-state index contributed by atoms with van der Waals surface area (Å²) in [7, 11) is -3.69. The second-order valence-corrected chi connectivity index (χ2v) is 7.38. The molecule has 0 aliphatic rings. The van der Waals surface area contributed by atoms with E-state index >= 15 is 0 Å². The second kappa shape index (κ2) is 5.55. The van der Waals surface area contributed by atoms with Crippen molar-refractivity contribution in [1.82, 2.24) is 0 Å². The summed E-state index contributed by atoms with van der Waals surface area (Å²) in [5.41, 5.74) is 2.73. The minimum Gasteiger partial charge on any atom is -0.377 e. The van der Waals surface area contributed by atoms with Gasteiger partial charge in [0.05, 0.1) is 10.9 Å². The lowest BCUT2D eigenvalue weighted by Crippen LogP contribution is -2.14. The van der Waals surface area contributed by atoms with Crippen molar-refractivity contribution in [1.29, 1.82) is 0 Å². The van der Waals surface area contributed by atoms with Gasteiger partial charge in [0, 0.05) is 10.6 Å². The molecule has 1 atom stereocenters. The maximum atomic E-state index is 11.5. The van der Waals surface area contributed by atoms with Crippen molar-refractivity contribution in [2.75, 3.05) is 5.32 Å². The number of aryl methyl sites for hydroxylation is 1. The van der Waals surface area contributed by atoms with E-state index in [1.165, 1.54) is 4.88 Å². The third-order valence-electron chi connectivity index (χ3n) is 3.31. The highest BCUT2D eigenvalue weighted by atomic mass is 32.2. The first-order valence-corrected chi connectivity index (χ1v) is 8.65. The molecule has 4 nitrogen and oxygen atoms in total. The summed E-state index contributed by atoms with van der Waals surface area (Å²) >= 11 is 1.66. The fourth-order valence-corrected chi connectivity index (χ4v) is 3.34. The lowest BCUT2D eigenvalue weighted by molar-refractivity contribution is 0.597. The molecule has 1 aromatic heterocycles. The van der Waals surface area contributed by atoms with Gasteiger partial charge in [0.1, 0.15) is 0 Å². The number of hydrogen-bond acceptors (Lipinski definition) is 4. The third kappa shape index (κ3) is 3.20. The Morgan fingerprint density at radius 1 is 1.30 bits per heavy atom. The highest BCUT2D eigenvalue weighted by Gasteiger charge is 2.14. The summed E-state index contributed by atoms with van der Waals surface area (Å²) in [6.45, 7) is 5.89. The van der Waals surface area contributed by atoms with Gasteiger partial charge < -0.3 is 5.32 Å². The molecule has 0 fully saturated rings. The summed E-state index contributed by atoms with van der Waals surface area (Å²) in [6, 6.07) is 7.36. The molecule has 2 aromatic rings. The lowest BCUT2D eigenvalue weighted by Gasteiger charge is -2.18. The van der Waals surface area contributed by atoms with Gasteiger partial charge in [-0.1, -0.05) is 6.07 Å². The van der Waals surface area contributed by atoms with Gasteiger partial charge in [0.25, 0.3) is 0 Å². The predicted octanol–water partition coefficient (Wildman–Crippen LogP) is 3.19. The molecule has 0 aliphatic carbocycles. The van der Waals surface area contributed by atoms with Gasteiger partial charge in [-0.25, -0.2) is 13.6 Å². The number of rotatable bonds is 4. The van der Waals surface area contributed by atoms with E-state index in [0.717, 1.165) is 16.8 Å². The number of nitrogens with two attached hydrogens (primary N) is 1. The molecule has 0 bridgehead atoms. The van der Waals surface area contributed by atoms with Crippen LogP contribution in [-0.4, -0.2) is 8.42 Å². The number of anilines is 1. The molecule has 1 aromatic carbocycles. The van der Waals surface area contributed by atoms with Crippen molar-refractivity contribution >= 4 is 27.0 Å². The molecule has 0 saturated heterocycles. The van der Waals surface area contributed by atoms with Crippen molar-refractivity contribution in [2.45, 2.75) is 31.7 Å². The van der Waals surface area contributed by atoms with E-state index < -0.39 is 10.0 Å². The van der Waals surface area contributed by atoms with Crippen LogP contribution in [0.3, 0.4) is 0 Å². The minimum absolute atomic E-state index is 0.115. The molecule has 1 heterocycles. The zero-order chi connectivity index (χ0) is 14.9. The van der Waals surface area contributed by atoms with Crippen LogP contribution >= 0.6 is 11.3 Å². The van der Waals surface area contributed by atoms with E-state index in [0.29, 0.717) is 0 Å². The summed E-state index contributed by atoms with van der Waals surface area (Å²) in [5.74, 6) is 0. The van der Waals surface area contributed by atoms with Gasteiger partial charge in [-0.05, 0) is 55.5 Å². The maximum Gasteiger partial charge on any atom is 0.238 e. The van der Waals surface area contributed by atoms with Crippen LogP contribution in [0.2, 0.25) is 0 Å². The Kier molecular flexibility index (Phi) is 4.17. The number of thiophene rings is 1. The van der Waals surface area contributed by atoms with Crippen LogP contribution in [-0.2, 0) is 10.0 Å². The number of benzene rings is 1. The first kappa shape index (κ1) is 15.0. The largest absolute Gasteiger partial charge is 0.377 e. The molecule has 0 amide bonds. The van der Waals surface area contributed by atoms with Gasteiger partial charge in [-0.2, -0.15) is 0 Å². The molecule has 0 saturated carbocycles. The fourth-order valence-electron chi connectivity index (χ4n) is 1.98. The zero-order valence-corrected chi connectivity index (χ0v) is 13.3. The van der Waals surface area contributed by atoms with Gasteiger partial charge in [-0.15, -0.1) is 11.3 Å². The van der Waals surface area contributed by atoms with Crippen LogP contribution < -0.4 is 10.5 Å². The van der Waals surface area contributed by atoms with Gasteiger partial charge in [0.2, 0.25) is 10.0 Å². The summed E-state index contributed by atoms with van der Waals surface area (Å²) in [4.78, 5) is 1.34. The van der Waals surface area contributed by atoms with E-state index in [2.05, 4.69) is 5.32 Å². The topological polar surface area (TPSA) is 72.2 Å². The predicted molar refractivity (Wildman–Crippen MR) is 83.6 cm³/mol. The van der Waals surface area contributed by atoms with E-state index in [4.69, 9.17) is 5.14 Å².